The Morgan fingerprint density at radius 3 is 2.69 bits per heavy atom. The number of pyridine rings is 1. The van der Waals surface area contributed by atoms with Crippen LogP contribution in [0.5, 0.6) is 0 Å². The van der Waals surface area contributed by atoms with Gasteiger partial charge in [-0.05, 0) is 9.91 Å². The zero-order valence-corrected chi connectivity index (χ0v) is 7.65. The summed E-state index contributed by atoms with van der Waals surface area (Å²) < 4.78 is 38.0. The van der Waals surface area contributed by atoms with Crippen LogP contribution in [-0.4, -0.2) is 9.91 Å². The zero-order valence-electron chi connectivity index (χ0n) is 7.65. The normalized spacial score (nSPS) is 10.2. The zero-order chi connectivity index (χ0) is 12.3. The molecule has 0 aliphatic carbocycles. The Kier molecular flexibility index (Phi) is 3.40. The van der Waals surface area contributed by atoms with E-state index in [-0.39, 0.29) is 0 Å². The predicted molar refractivity (Wildman–Crippen MR) is 45.1 cm³/mol. The molecule has 0 amide bonds. The van der Waals surface area contributed by atoms with Crippen molar-refractivity contribution in [1.82, 2.24) is 4.98 Å². The number of aromatic nitrogens is 1. The predicted octanol–water partition coefficient (Wildman–Crippen LogP) is 2.13. The minimum absolute atomic E-state index is 0.415. The van der Waals surface area contributed by atoms with Crippen LogP contribution < -0.4 is 0 Å². The molecule has 1 rings (SSSR count). The third-order valence-corrected chi connectivity index (χ3v) is 1.74. The standard InChI is InChI=1S/C8H4F3N3O2/c9-5-3-6(14(15)16)13-7(8(10)11)4(5)1-2-12/h3,8H,1H2. The van der Waals surface area contributed by atoms with Gasteiger partial charge in [0.05, 0.1) is 24.1 Å². The van der Waals surface area contributed by atoms with Gasteiger partial charge in [0.2, 0.25) is 5.69 Å². The first kappa shape index (κ1) is 11.9. The Morgan fingerprint density at radius 1 is 1.62 bits per heavy atom. The molecule has 16 heavy (non-hydrogen) atoms. The molecule has 8 heteroatoms. The van der Waals surface area contributed by atoms with Crippen molar-refractivity contribution in [2.75, 3.05) is 0 Å². The third-order valence-electron chi connectivity index (χ3n) is 1.74. The summed E-state index contributed by atoms with van der Waals surface area (Å²) in [6, 6.07) is 1.90. The van der Waals surface area contributed by atoms with E-state index in [2.05, 4.69) is 4.98 Å². The maximum Gasteiger partial charge on any atom is 0.366 e. The number of halogens is 3. The van der Waals surface area contributed by atoms with Gasteiger partial charge in [0.25, 0.3) is 0 Å². The van der Waals surface area contributed by atoms with Gasteiger partial charge >= 0.3 is 12.2 Å². The molecule has 0 aromatic carbocycles. The van der Waals surface area contributed by atoms with E-state index >= 15 is 0 Å². The SMILES string of the molecule is N#CCc1c(F)cc([N+](=O)[O-])nc1C(F)F. The first-order valence-electron chi connectivity index (χ1n) is 3.96. The molecule has 1 aromatic heterocycles. The second-order valence-electron chi connectivity index (χ2n) is 2.72. The smallest absolute Gasteiger partial charge is 0.358 e. The van der Waals surface area contributed by atoms with Crippen molar-refractivity contribution in [2.24, 2.45) is 0 Å². The highest BCUT2D eigenvalue weighted by Crippen LogP contribution is 2.26. The van der Waals surface area contributed by atoms with Gasteiger partial charge in [0, 0.05) is 0 Å². The maximum absolute atomic E-state index is 13.2. The second-order valence-corrected chi connectivity index (χ2v) is 2.72. The molecule has 1 aromatic rings. The lowest BCUT2D eigenvalue weighted by Crippen LogP contribution is -2.05. The molecular weight excluding hydrogens is 227 g/mol. The number of hydrogen-bond donors (Lipinski definition) is 0. The fourth-order valence-corrected chi connectivity index (χ4v) is 1.07. The Morgan fingerprint density at radius 2 is 2.25 bits per heavy atom. The molecule has 0 saturated heterocycles. The number of alkyl halides is 2. The highest BCUT2D eigenvalue weighted by atomic mass is 19.3. The molecule has 5 nitrogen and oxygen atoms in total. The van der Waals surface area contributed by atoms with Gasteiger partial charge in [0.15, 0.2) is 0 Å². The summed E-state index contributed by atoms with van der Waals surface area (Å²) >= 11 is 0. The highest BCUT2D eigenvalue weighted by Gasteiger charge is 2.27. The molecule has 0 radical (unpaired) electrons. The largest absolute Gasteiger partial charge is 0.366 e. The minimum atomic E-state index is -3.17. The van der Waals surface area contributed by atoms with Crippen molar-refractivity contribution >= 4 is 5.82 Å². The van der Waals surface area contributed by atoms with Crippen LogP contribution in [0.1, 0.15) is 17.7 Å². The molecule has 0 unspecified atom stereocenters. The van der Waals surface area contributed by atoms with E-state index in [4.69, 9.17) is 5.26 Å². The Hall–Kier alpha value is -2.17. The fourth-order valence-electron chi connectivity index (χ4n) is 1.07. The van der Waals surface area contributed by atoms with E-state index in [9.17, 15) is 23.3 Å². The van der Waals surface area contributed by atoms with Crippen LogP contribution in [-0.2, 0) is 6.42 Å². The molecule has 84 valence electrons. The number of nitriles is 1. The van der Waals surface area contributed by atoms with E-state index < -0.39 is 40.7 Å². The Balaban J connectivity index is 3.40. The lowest BCUT2D eigenvalue weighted by atomic mass is 10.1. The van der Waals surface area contributed by atoms with Crippen LogP contribution in [0.15, 0.2) is 6.07 Å². The molecule has 1 heterocycles. The molecule has 0 bridgehead atoms. The minimum Gasteiger partial charge on any atom is -0.358 e. The van der Waals surface area contributed by atoms with Crippen molar-refractivity contribution in [3.05, 3.63) is 33.3 Å². The number of nitro groups is 1. The molecule has 0 aliphatic rings. The number of rotatable bonds is 3. The molecule has 0 atom stereocenters. The third kappa shape index (κ3) is 2.25. The molecule has 0 spiro atoms. The first-order chi connectivity index (χ1) is 7.47. The second kappa shape index (κ2) is 4.57. The topological polar surface area (TPSA) is 79.8 Å². The van der Waals surface area contributed by atoms with Crippen LogP contribution in [0, 0.1) is 27.3 Å². The molecule has 0 fully saturated rings. The summed E-state index contributed by atoms with van der Waals surface area (Å²) in [6.45, 7) is 0. The number of nitrogens with zero attached hydrogens (tertiary/aromatic N) is 3. The van der Waals surface area contributed by atoms with Crippen molar-refractivity contribution in [1.29, 1.82) is 5.26 Å². The van der Waals surface area contributed by atoms with E-state index in [0.717, 1.165) is 0 Å². The monoisotopic (exact) mass is 231 g/mol. The molecular formula is C8H4F3N3O2. The van der Waals surface area contributed by atoms with E-state index in [1.165, 1.54) is 6.07 Å². The van der Waals surface area contributed by atoms with Crippen LogP contribution in [0.4, 0.5) is 19.0 Å². The first-order valence-corrected chi connectivity index (χ1v) is 3.96. The lowest BCUT2D eigenvalue weighted by molar-refractivity contribution is -0.389. The summed E-state index contributed by atoms with van der Waals surface area (Å²) in [4.78, 5) is 12.2. The van der Waals surface area contributed by atoms with Crippen molar-refractivity contribution in [2.45, 2.75) is 12.8 Å². The molecule has 0 aliphatic heterocycles. The summed E-state index contributed by atoms with van der Waals surface area (Å²) in [7, 11) is 0. The van der Waals surface area contributed by atoms with Gasteiger partial charge in [-0.15, -0.1) is 0 Å². The van der Waals surface area contributed by atoms with Gasteiger partial charge in [-0.2, -0.15) is 5.26 Å². The lowest BCUT2D eigenvalue weighted by Gasteiger charge is -2.02. The van der Waals surface area contributed by atoms with Crippen LogP contribution in [0.2, 0.25) is 0 Å². The fraction of sp³-hybridized carbons (Fsp3) is 0.250. The highest BCUT2D eigenvalue weighted by molar-refractivity contribution is 5.33. The van der Waals surface area contributed by atoms with E-state index in [1.807, 2.05) is 0 Å². The van der Waals surface area contributed by atoms with E-state index in [0.29, 0.717) is 6.07 Å². The quantitative estimate of drug-likeness (QED) is 0.589. The average Bonchev–Trinajstić information content (AvgIpc) is 2.20. The van der Waals surface area contributed by atoms with Gasteiger partial charge in [-0.25, -0.2) is 13.2 Å². The van der Waals surface area contributed by atoms with Gasteiger partial charge in [-0.3, -0.25) is 0 Å². The van der Waals surface area contributed by atoms with E-state index in [1.54, 1.807) is 0 Å². The Bertz CT molecular complexity index is 470. The average molecular weight is 231 g/mol. The van der Waals surface area contributed by atoms with Gasteiger partial charge < -0.3 is 10.1 Å². The molecule has 0 N–H and O–H groups in total. The summed E-state index contributed by atoms with van der Waals surface area (Å²) in [5.41, 5.74) is -1.67. The summed E-state index contributed by atoms with van der Waals surface area (Å²) in [6.07, 6.45) is -3.78. The van der Waals surface area contributed by atoms with Crippen molar-refractivity contribution in [3.8, 4) is 6.07 Å². The van der Waals surface area contributed by atoms with Crippen LogP contribution in [0.25, 0.3) is 0 Å². The Labute approximate surface area is 87.3 Å². The van der Waals surface area contributed by atoms with Gasteiger partial charge in [-0.1, -0.05) is 0 Å². The summed E-state index contributed by atoms with van der Waals surface area (Å²) in [5, 5.41) is 18.6. The molecule has 0 saturated carbocycles. The maximum atomic E-state index is 13.2. The summed E-state index contributed by atoms with van der Waals surface area (Å²) in [5.74, 6) is -2.23. The van der Waals surface area contributed by atoms with Crippen molar-refractivity contribution < 1.29 is 18.1 Å². The van der Waals surface area contributed by atoms with Crippen molar-refractivity contribution in [3.63, 3.8) is 0 Å². The number of hydrogen-bond acceptors (Lipinski definition) is 4. The van der Waals surface area contributed by atoms with Gasteiger partial charge in [0.1, 0.15) is 5.82 Å². The van der Waals surface area contributed by atoms with Crippen LogP contribution in [0.3, 0.4) is 0 Å². The van der Waals surface area contributed by atoms with Crippen LogP contribution >= 0.6 is 0 Å².